The van der Waals surface area contributed by atoms with Gasteiger partial charge < -0.3 is 15.2 Å². The maximum Gasteiger partial charge on any atom is 0.119 e. The summed E-state index contributed by atoms with van der Waals surface area (Å²) in [5.74, 6) is 0.636. The van der Waals surface area contributed by atoms with E-state index >= 15 is 0 Å². The number of ether oxygens (including phenoxy) is 1. The Morgan fingerprint density at radius 3 is 2.73 bits per heavy atom. The predicted octanol–water partition coefficient (Wildman–Crippen LogP) is 2.28. The molecular formula is C16H19N3O2S. The summed E-state index contributed by atoms with van der Waals surface area (Å²) in [5, 5.41) is 24.9. The Kier molecular flexibility index (Phi) is 5.50. The number of aliphatic hydroxyl groups excluding tert-OH is 1. The largest absolute Gasteiger partial charge is 0.491 e. The number of aromatic nitrogens is 1. The van der Waals surface area contributed by atoms with Gasteiger partial charge in [-0.05, 0) is 38.1 Å². The second kappa shape index (κ2) is 7.36. The van der Waals surface area contributed by atoms with Gasteiger partial charge in [0, 0.05) is 18.1 Å². The molecule has 2 rings (SSSR count). The van der Waals surface area contributed by atoms with E-state index in [0.717, 1.165) is 5.01 Å². The number of thiazole rings is 1. The van der Waals surface area contributed by atoms with Crippen LogP contribution < -0.4 is 10.1 Å². The molecule has 0 fully saturated rings. The summed E-state index contributed by atoms with van der Waals surface area (Å²) >= 11 is 1.58. The molecule has 22 heavy (non-hydrogen) atoms. The van der Waals surface area contributed by atoms with Crippen LogP contribution in [0.5, 0.6) is 5.75 Å². The average Bonchev–Trinajstić information content (AvgIpc) is 3.07. The normalized spacial score (nSPS) is 12.6. The first-order valence-corrected chi connectivity index (χ1v) is 7.85. The molecule has 0 radical (unpaired) electrons. The quantitative estimate of drug-likeness (QED) is 0.819. The van der Waals surface area contributed by atoms with Gasteiger partial charge in [0.15, 0.2) is 0 Å². The minimum Gasteiger partial charge on any atom is -0.491 e. The topological polar surface area (TPSA) is 78.2 Å². The van der Waals surface area contributed by atoms with Crippen LogP contribution in [0.15, 0.2) is 35.8 Å². The van der Waals surface area contributed by atoms with Crippen molar-refractivity contribution < 1.29 is 9.84 Å². The van der Waals surface area contributed by atoms with Gasteiger partial charge in [-0.3, -0.25) is 0 Å². The zero-order chi connectivity index (χ0) is 16.0. The van der Waals surface area contributed by atoms with E-state index in [2.05, 4.69) is 10.3 Å². The fourth-order valence-corrected chi connectivity index (χ4v) is 2.60. The van der Waals surface area contributed by atoms with Crippen molar-refractivity contribution in [2.75, 3.05) is 13.2 Å². The van der Waals surface area contributed by atoms with Crippen LogP contribution >= 0.6 is 11.3 Å². The Hall–Kier alpha value is -1.94. The zero-order valence-electron chi connectivity index (χ0n) is 12.6. The number of rotatable bonds is 7. The van der Waals surface area contributed by atoms with Crippen LogP contribution in [0.3, 0.4) is 0 Å². The monoisotopic (exact) mass is 317 g/mol. The van der Waals surface area contributed by atoms with Gasteiger partial charge in [-0.25, -0.2) is 4.98 Å². The molecule has 0 saturated heterocycles. The van der Waals surface area contributed by atoms with Crippen molar-refractivity contribution in [1.29, 1.82) is 5.26 Å². The maximum absolute atomic E-state index is 10.0. The number of benzene rings is 1. The van der Waals surface area contributed by atoms with Gasteiger partial charge in [-0.1, -0.05) is 0 Å². The first kappa shape index (κ1) is 16.4. The smallest absolute Gasteiger partial charge is 0.119 e. The summed E-state index contributed by atoms with van der Waals surface area (Å²) in [6.45, 7) is 4.65. The lowest BCUT2D eigenvalue weighted by Gasteiger charge is -2.25. The molecule has 5 nitrogen and oxygen atoms in total. The Morgan fingerprint density at radius 2 is 2.14 bits per heavy atom. The predicted molar refractivity (Wildman–Crippen MR) is 85.8 cm³/mol. The highest BCUT2D eigenvalue weighted by atomic mass is 32.1. The van der Waals surface area contributed by atoms with E-state index in [-0.39, 0.29) is 12.1 Å². The highest BCUT2D eigenvalue weighted by Gasteiger charge is 2.23. The molecule has 1 aromatic carbocycles. The van der Waals surface area contributed by atoms with Gasteiger partial charge >= 0.3 is 0 Å². The molecule has 1 heterocycles. The van der Waals surface area contributed by atoms with E-state index in [1.54, 1.807) is 41.8 Å². The summed E-state index contributed by atoms with van der Waals surface area (Å²) < 4.78 is 5.51. The summed E-state index contributed by atoms with van der Waals surface area (Å²) in [5.41, 5.74) is 0.295. The third-order valence-electron chi connectivity index (χ3n) is 3.17. The van der Waals surface area contributed by atoms with E-state index in [1.807, 2.05) is 25.3 Å². The molecule has 1 unspecified atom stereocenters. The van der Waals surface area contributed by atoms with Gasteiger partial charge in [-0.15, -0.1) is 11.3 Å². The standard InChI is InChI=1S/C16H19N3O2S/c1-16(2,15-18-7-8-22-15)19-10-13(20)11-21-14-5-3-12(9-17)4-6-14/h3-8,13,19-20H,10-11H2,1-2H3. The molecule has 2 aromatic rings. The van der Waals surface area contributed by atoms with Crippen molar-refractivity contribution in [1.82, 2.24) is 10.3 Å². The lowest BCUT2D eigenvalue weighted by atomic mass is 10.1. The highest BCUT2D eigenvalue weighted by molar-refractivity contribution is 7.09. The second-order valence-corrected chi connectivity index (χ2v) is 6.34. The summed E-state index contributed by atoms with van der Waals surface area (Å²) in [4.78, 5) is 4.29. The first-order chi connectivity index (χ1) is 10.5. The SMILES string of the molecule is CC(C)(NCC(O)COc1ccc(C#N)cc1)c1nccs1. The fourth-order valence-electron chi connectivity index (χ4n) is 1.86. The van der Waals surface area contributed by atoms with E-state index in [0.29, 0.717) is 17.9 Å². The van der Waals surface area contributed by atoms with Gasteiger partial charge in [0.1, 0.15) is 23.5 Å². The van der Waals surface area contributed by atoms with Gasteiger partial charge in [-0.2, -0.15) is 5.26 Å². The van der Waals surface area contributed by atoms with E-state index in [1.165, 1.54) is 0 Å². The summed E-state index contributed by atoms with van der Waals surface area (Å²) in [6.07, 6.45) is 1.14. The lowest BCUT2D eigenvalue weighted by molar-refractivity contribution is 0.0987. The number of nitrogens with zero attached hydrogens (tertiary/aromatic N) is 2. The van der Waals surface area contributed by atoms with Crippen LogP contribution in [0.4, 0.5) is 0 Å². The molecule has 116 valence electrons. The molecular weight excluding hydrogens is 298 g/mol. The van der Waals surface area contributed by atoms with Crippen LogP contribution in [0, 0.1) is 11.3 Å². The van der Waals surface area contributed by atoms with Crippen LogP contribution in [0.2, 0.25) is 0 Å². The van der Waals surface area contributed by atoms with E-state index < -0.39 is 6.10 Å². The Labute approximate surface area is 134 Å². The molecule has 6 heteroatoms. The zero-order valence-corrected chi connectivity index (χ0v) is 13.4. The Morgan fingerprint density at radius 1 is 1.41 bits per heavy atom. The van der Waals surface area contributed by atoms with Crippen LogP contribution in [-0.4, -0.2) is 29.3 Å². The van der Waals surface area contributed by atoms with Gasteiger partial charge in [0.2, 0.25) is 0 Å². The third-order valence-corrected chi connectivity index (χ3v) is 4.27. The molecule has 0 aliphatic heterocycles. The number of nitriles is 1. The van der Waals surface area contributed by atoms with Crippen molar-refractivity contribution >= 4 is 11.3 Å². The molecule has 1 aromatic heterocycles. The summed E-state index contributed by atoms with van der Waals surface area (Å²) in [7, 11) is 0. The van der Waals surface area contributed by atoms with Crippen molar-refractivity contribution in [3.63, 3.8) is 0 Å². The van der Waals surface area contributed by atoms with Crippen LogP contribution in [0.1, 0.15) is 24.4 Å². The molecule has 0 spiro atoms. The molecule has 0 bridgehead atoms. The van der Waals surface area contributed by atoms with Gasteiger partial charge in [0.25, 0.3) is 0 Å². The molecule has 0 amide bonds. The van der Waals surface area contributed by atoms with Crippen molar-refractivity contribution in [3.8, 4) is 11.8 Å². The highest BCUT2D eigenvalue weighted by Crippen LogP contribution is 2.21. The van der Waals surface area contributed by atoms with E-state index in [4.69, 9.17) is 10.00 Å². The third kappa shape index (κ3) is 4.53. The molecule has 0 aliphatic rings. The minimum absolute atomic E-state index is 0.187. The Balaban J connectivity index is 1.78. The number of hydrogen-bond acceptors (Lipinski definition) is 6. The molecule has 0 aliphatic carbocycles. The van der Waals surface area contributed by atoms with Crippen molar-refractivity contribution in [2.45, 2.75) is 25.5 Å². The van der Waals surface area contributed by atoms with E-state index in [9.17, 15) is 5.11 Å². The van der Waals surface area contributed by atoms with Crippen LogP contribution in [0.25, 0.3) is 0 Å². The number of aliphatic hydroxyl groups is 1. The minimum atomic E-state index is -0.630. The fraction of sp³-hybridized carbons (Fsp3) is 0.375. The lowest BCUT2D eigenvalue weighted by Crippen LogP contribution is -2.42. The van der Waals surface area contributed by atoms with Crippen molar-refractivity contribution in [2.24, 2.45) is 0 Å². The van der Waals surface area contributed by atoms with Crippen LogP contribution in [-0.2, 0) is 5.54 Å². The number of nitrogens with one attached hydrogen (secondary N) is 1. The Bertz CT molecular complexity index is 618. The maximum atomic E-state index is 10.0. The average molecular weight is 317 g/mol. The van der Waals surface area contributed by atoms with Crippen molar-refractivity contribution in [3.05, 3.63) is 46.4 Å². The molecule has 1 atom stereocenters. The molecule has 0 saturated carbocycles. The molecule has 2 N–H and O–H groups in total. The number of hydrogen-bond donors (Lipinski definition) is 2. The summed E-state index contributed by atoms with van der Waals surface area (Å²) in [6, 6.07) is 8.86. The first-order valence-electron chi connectivity index (χ1n) is 6.97. The van der Waals surface area contributed by atoms with Gasteiger partial charge in [0.05, 0.1) is 17.2 Å². The second-order valence-electron chi connectivity index (χ2n) is 5.44.